The number of carbonyl (C=O) groups excluding carboxylic acids is 1. The highest BCUT2D eigenvalue weighted by Crippen LogP contribution is 2.37. The van der Waals surface area contributed by atoms with E-state index in [0.717, 1.165) is 10.5 Å². The Morgan fingerprint density at radius 2 is 1.82 bits per heavy atom. The maximum Gasteiger partial charge on any atom is 0.253 e. The van der Waals surface area contributed by atoms with Crippen LogP contribution >= 0.6 is 62.5 Å². The number of nitrogens with one attached hydrogen (secondary N) is 1. The zero-order valence-electron chi connectivity index (χ0n) is 18.2. The molecule has 178 valence electrons. The number of hydrogen-bond donors (Lipinski definition) is 1. The van der Waals surface area contributed by atoms with Crippen LogP contribution in [0.2, 0.25) is 15.1 Å². The molecule has 0 saturated carbocycles. The van der Waals surface area contributed by atoms with E-state index >= 15 is 0 Å². The zero-order chi connectivity index (χ0) is 24.7. The summed E-state index contributed by atoms with van der Waals surface area (Å²) in [6.07, 6.45) is 1.53. The molecule has 0 aliphatic heterocycles. The molecule has 0 unspecified atom stereocenters. The Kier molecular flexibility index (Phi) is 9.97. The standard InChI is InChI=1S/C24H20BrCl3N2O3S/c1-14(34-19-7-5-17(26)6-8-19)24(31)30-29-12-15-9-20(25)23(22(10-15)32-2)33-13-16-3-4-18(27)11-21(16)28/h3-12,14H,13H2,1-2H3,(H,30,31)/b29-12-/t14-/m1/s1. The van der Waals surface area contributed by atoms with Crippen LogP contribution in [0.25, 0.3) is 0 Å². The number of hydrazone groups is 1. The van der Waals surface area contributed by atoms with Crippen LogP contribution in [0, 0.1) is 0 Å². The van der Waals surface area contributed by atoms with Crippen LogP contribution in [-0.4, -0.2) is 24.5 Å². The summed E-state index contributed by atoms with van der Waals surface area (Å²) in [5.41, 5.74) is 4.06. The Bertz CT molecular complexity index is 1190. The Labute approximate surface area is 225 Å². The van der Waals surface area contributed by atoms with Crippen molar-refractivity contribution in [2.45, 2.75) is 23.7 Å². The van der Waals surface area contributed by atoms with E-state index in [-0.39, 0.29) is 17.8 Å². The minimum Gasteiger partial charge on any atom is -0.493 e. The van der Waals surface area contributed by atoms with Crippen molar-refractivity contribution in [1.82, 2.24) is 5.43 Å². The van der Waals surface area contributed by atoms with Gasteiger partial charge in [-0.25, -0.2) is 5.43 Å². The van der Waals surface area contributed by atoms with Crippen molar-refractivity contribution in [3.8, 4) is 11.5 Å². The molecule has 1 atom stereocenters. The van der Waals surface area contributed by atoms with E-state index in [1.807, 2.05) is 25.1 Å². The number of nitrogens with zero attached hydrogens (tertiary/aromatic N) is 1. The van der Waals surface area contributed by atoms with E-state index in [1.54, 1.807) is 43.5 Å². The monoisotopic (exact) mass is 600 g/mol. The number of ether oxygens (including phenoxy) is 2. The van der Waals surface area contributed by atoms with Crippen molar-refractivity contribution in [3.05, 3.63) is 85.3 Å². The summed E-state index contributed by atoms with van der Waals surface area (Å²) in [4.78, 5) is 13.3. The number of carbonyl (C=O) groups is 1. The highest BCUT2D eigenvalue weighted by Gasteiger charge is 2.15. The van der Waals surface area contributed by atoms with Gasteiger partial charge < -0.3 is 9.47 Å². The van der Waals surface area contributed by atoms with Gasteiger partial charge in [-0.05, 0) is 76.9 Å². The van der Waals surface area contributed by atoms with E-state index in [2.05, 4.69) is 26.5 Å². The fraction of sp³-hybridized carbons (Fsp3) is 0.167. The molecule has 0 radical (unpaired) electrons. The Morgan fingerprint density at radius 3 is 2.50 bits per heavy atom. The molecule has 10 heteroatoms. The van der Waals surface area contributed by atoms with E-state index in [4.69, 9.17) is 44.3 Å². The first-order valence-corrected chi connectivity index (χ1v) is 12.8. The third kappa shape index (κ3) is 7.55. The number of amides is 1. The van der Waals surface area contributed by atoms with Crippen LogP contribution in [0.15, 0.2) is 69.1 Å². The molecule has 3 aromatic rings. The first kappa shape index (κ1) is 26.7. The summed E-state index contributed by atoms with van der Waals surface area (Å²) >= 11 is 23.0. The molecule has 0 aliphatic carbocycles. The lowest BCUT2D eigenvalue weighted by Crippen LogP contribution is -2.26. The van der Waals surface area contributed by atoms with Crippen LogP contribution < -0.4 is 14.9 Å². The van der Waals surface area contributed by atoms with Gasteiger partial charge in [0, 0.05) is 25.5 Å². The lowest BCUT2D eigenvalue weighted by molar-refractivity contribution is -0.120. The fourth-order valence-electron chi connectivity index (χ4n) is 2.78. The SMILES string of the molecule is COc1cc(/C=N\NC(=O)[C@@H](C)Sc2ccc(Cl)cc2)cc(Br)c1OCc1ccc(Cl)cc1Cl. The van der Waals surface area contributed by atoms with E-state index in [1.165, 1.54) is 18.0 Å². The first-order chi connectivity index (χ1) is 16.3. The van der Waals surface area contributed by atoms with Gasteiger partial charge in [0.05, 0.1) is 23.0 Å². The predicted octanol–water partition coefficient (Wildman–Crippen LogP) is 7.63. The number of rotatable bonds is 9. The second-order valence-corrected chi connectivity index (χ2v) is 10.6. The highest BCUT2D eigenvalue weighted by atomic mass is 79.9. The molecule has 0 heterocycles. The van der Waals surface area contributed by atoms with Gasteiger partial charge in [-0.15, -0.1) is 11.8 Å². The molecule has 3 rings (SSSR count). The summed E-state index contributed by atoms with van der Waals surface area (Å²) in [5, 5.41) is 5.46. The minimum atomic E-state index is -0.338. The van der Waals surface area contributed by atoms with Gasteiger partial charge >= 0.3 is 0 Å². The maximum atomic E-state index is 12.4. The number of thioether (sulfide) groups is 1. The summed E-state index contributed by atoms with van der Waals surface area (Å²) in [7, 11) is 1.54. The molecule has 0 aliphatic rings. The Balaban J connectivity index is 1.62. The molecular formula is C24H20BrCl3N2O3S. The smallest absolute Gasteiger partial charge is 0.253 e. The Hall–Kier alpha value is -1.90. The number of methoxy groups -OCH3 is 1. The van der Waals surface area contributed by atoms with Crippen molar-refractivity contribution < 1.29 is 14.3 Å². The van der Waals surface area contributed by atoms with E-state index < -0.39 is 0 Å². The molecule has 1 amide bonds. The van der Waals surface area contributed by atoms with Crippen molar-refractivity contribution >= 4 is 74.6 Å². The summed E-state index contributed by atoms with van der Waals surface area (Å²) in [6.45, 7) is 2.04. The quantitative estimate of drug-likeness (QED) is 0.155. The largest absolute Gasteiger partial charge is 0.493 e. The van der Waals surface area contributed by atoms with Crippen molar-refractivity contribution in [2.75, 3.05) is 7.11 Å². The lowest BCUT2D eigenvalue weighted by atomic mass is 10.2. The lowest BCUT2D eigenvalue weighted by Gasteiger charge is -2.14. The minimum absolute atomic E-state index is 0.220. The van der Waals surface area contributed by atoms with Crippen LogP contribution in [0.4, 0.5) is 0 Å². The van der Waals surface area contributed by atoms with E-state index in [9.17, 15) is 4.79 Å². The molecule has 0 saturated heterocycles. The summed E-state index contributed by atoms with van der Waals surface area (Å²) in [5.74, 6) is 0.795. The molecule has 3 aromatic carbocycles. The molecule has 34 heavy (non-hydrogen) atoms. The maximum absolute atomic E-state index is 12.4. The second-order valence-electron chi connectivity index (χ2n) is 7.01. The van der Waals surface area contributed by atoms with Gasteiger partial charge in [0.1, 0.15) is 6.61 Å². The Morgan fingerprint density at radius 1 is 1.12 bits per heavy atom. The summed E-state index contributed by atoms with van der Waals surface area (Å²) in [6, 6.07) is 16.1. The molecule has 0 spiro atoms. The van der Waals surface area contributed by atoms with Crippen LogP contribution in [0.5, 0.6) is 11.5 Å². The van der Waals surface area contributed by atoms with Crippen molar-refractivity contribution in [1.29, 1.82) is 0 Å². The van der Waals surface area contributed by atoms with Crippen LogP contribution in [0.1, 0.15) is 18.1 Å². The molecule has 0 aromatic heterocycles. The number of halogens is 4. The van der Waals surface area contributed by atoms with Crippen molar-refractivity contribution in [3.63, 3.8) is 0 Å². The third-order valence-corrected chi connectivity index (χ3v) is 7.06. The highest BCUT2D eigenvalue weighted by molar-refractivity contribution is 9.10. The van der Waals surface area contributed by atoms with Crippen LogP contribution in [-0.2, 0) is 11.4 Å². The fourth-order valence-corrected chi connectivity index (χ4v) is 4.80. The van der Waals surface area contributed by atoms with Gasteiger partial charge in [0.15, 0.2) is 11.5 Å². The second kappa shape index (κ2) is 12.7. The zero-order valence-corrected chi connectivity index (χ0v) is 22.8. The van der Waals surface area contributed by atoms with Gasteiger partial charge in [0.25, 0.3) is 5.91 Å². The van der Waals surface area contributed by atoms with Gasteiger partial charge in [0.2, 0.25) is 0 Å². The average Bonchev–Trinajstić information content (AvgIpc) is 2.80. The normalized spacial score (nSPS) is 11.9. The molecule has 0 fully saturated rings. The topological polar surface area (TPSA) is 59.9 Å². The molecular weight excluding hydrogens is 583 g/mol. The third-order valence-electron chi connectivity index (χ3n) is 4.52. The van der Waals surface area contributed by atoms with Crippen LogP contribution in [0.3, 0.4) is 0 Å². The van der Waals surface area contributed by atoms with Gasteiger partial charge in [-0.3, -0.25) is 4.79 Å². The van der Waals surface area contributed by atoms with Crippen molar-refractivity contribution in [2.24, 2.45) is 5.10 Å². The first-order valence-electron chi connectivity index (χ1n) is 9.96. The van der Waals surface area contributed by atoms with Gasteiger partial charge in [-0.1, -0.05) is 40.9 Å². The number of hydrogen-bond acceptors (Lipinski definition) is 5. The molecule has 5 nitrogen and oxygen atoms in total. The summed E-state index contributed by atoms with van der Waals surface area (Å²) < 4.78 is 12.1. The predicted molar refractivity (Wildman–Crippen MR) is 144 cm³/mol. The van der Waals surface area contributed by atoms with E-state index in [0.29, 0.717) is 36.6 Å². The average molecular weight is 603 g/mol. The number of benzene rings is 3. The molecule has 0 bridgehead atoms. The van der Waals surface area contributed by atoms with Gasteiger partial charge in [-0.2, -0.15) is 5.10 Å². The molecule has 1 N–H and O–H groups in total.